The number of benzene rings is 1. The number of aromatic carboxylic acids is 1. The van der Waals surface area contributed by atoms with E-state index in [1.807, 2.05) is 0 Å². The molecule has 6 heteroatoms. The fourth-order valence-electron chi connectivity index (χ4n) is 1.66. The Kier molecular flexibility index (Phi) is 2.27. The molecule has 0 unspecified atom stereocenters. The molecule has 6 nitrogen and oxygen atoms in total. The summed E-state index contributed by atoms with van der Waals surface area (Å²) in [6.07, 6.45) is 1.17. The highest BCUT2D eigenvalue weighted by molar-refractivity contribution is 5.93. The van der Waals surface area contributed by atoms with Gasteiger partial charge in [0.05, 0.1) is 10.9 Å². The van der Waals surface area contributed by atoms with Crippen LogP contribution in [0.15, 0.2) is 23.1 Å². The minimum absolute atomic E-state index is 0.0442. The Bertz CT molecular complexity index is 686. The van der Waals surface area contributed by atoms with Crippen LogP contribution in [0.5, 0.6) is 11.5 Å². The monoisotopic (exact) mass is 235 g/mol. The minimum Gasteiger partial charge on any atom is -0.504 e. The molecule has 1 heterocycles. The number of fused-ring (bicyclic) bond motifs is 1. The van der Waals surface area contributed by atoms with E-state index in [-0.39, 0.29) is 16.7 Å². The van der Waals surface area contributed by atoms with Gasteiger partial charge in [0.2, 0.25) is 5.43 Å². The van der Waals surface area contributed by atoms with Crippen molar-refractivity contribution in [1.82, 2.24) is 4.57 Å². The van der Waals surface area contributed by atoms with Crippen molar-refractivity contribution in [1.29, 1.82) is 0 Å². The van der Waals surface area contributed by atoms with Gasteiger partial charge in [-0.2, -0.15) is 0 Å². The summed E-state index contributed by atoms with van der Waals surface area (Å²) in [5.74, 6) is -2.16. The van der Waals surface area contributed by atoms with Crippen molar-refractivity contribution in [3.63, 3.8) is 0 Å². The molecule has 0 aliphatic rings. The molecule has 0 bridgehead atoms. The van der Waals surface area contributed by atoms with E-state index in [0.29, 0.717) is 5.52 Å². The van der Waals surface area contributed by atoms with Gasteiger partial charge in [-0.05, 0) is 6.07 Å². The molecule has 0 atom stereocenters. The maximum atomic E-state index is 11.8. The Morgan fingerprint density at radius 3 is 2.41 bits per heavy atom. The van der Waals surface area contributed by atoms with Crippen molar-refractivity contribution in [3.8, 4) is 11.5 Å². The van der Waals surface area contributed by atoms with Gasteiger partial charge >= 0.3 is 5.97 Å². The topological polar surface area (TPSA) is 99.8 Å². The van der Waals surface area contributed by atoms with Gasteiger partial charge in [0, 0.05) is 19.3 Å². The van der Waals surface area contributed by atoms with E-state index in [1.165, 1.54) is 16.8 Å². The number of carbonyl (C=O) groups is 1. The molecule has 88 valence electrons. The third-order valence-electron chi connectivity index (χ3n) is 2.52. The lowest BCUT2D eigenvalue weighted by atomic mass is 10.1. The summed E-state index contributed by atoms with van der Waals surface area (Å²) in [6, 6.07) is 2.26. The summed E-state index contributed by atoms with van der Waals surface area (Å²) in [7, 11) is 1.55. The van der Waals surface area contributed by atoms with Gasteiger partial charge in [0.25, 0.3) is 0 Å². The fraction of sp³-hybridized carbons (Fsp3) is 0.0909. The van der Waals surface area contributed by atoms with E-state index in [2.05, 4.69) is 0 Å². The predicted octanol–water partition coefficient (Wildman–Crippen LogP) is 0.648. The second kappa shape index (κ2) is 3.51. The second-order valence-electron chi connectivity index (χ2n) is 3.65. The van der Waals surface area contributed by atoms with Crippen LogP contribution < -0.4 is 5.43 Å². The number of carboxylic acid groups (broad SMARTS) is 1. The molecule has 1 aromatic heterocycles. The number of hydrogen-bond donors (Lipinski definition) is 3. The van der Waals surface area contributed by atoms with Gasteiger partial charge in [-0.25, -0.2) is 4.79 Å². The number of hydrogen-bond acceptors (Lipinski definition) is 4. The number of nitrogens with zero attached hydrogens (tertiary/aromatic N) is 1. The van der Waals surface area contributed by atoms with Crippen LogP contribution in [0.3, 0.4) is 0 Å². The third-order valence-corrected chi connectivity index (χ3v) is 2.52. The summed E-state index contributed by atoms with van der Waals surface area (Å²) in [6.45, 7) is 0. The summed E-state index contributed by atoms with van der Waals surface area (Å²) < 4.78 is 1.40. The highest BCUT2D eigenvalue weighted by Gasteiger charge is 2.15. The molecule has 17 heavy (non-hydrogen) atoms. The van der Waals surface area contributed by atoms with Crippen LogP contribution >= 0.6 is 0 Å². The average Bonchev–Trinajstić information content (AvgIpc) is 2.25. The van der Waals surface area contributed by atoms with Crippen LogP contribution in [0, 0.1) is 0 Å². The molecule has 0 fully saturated rings. The first kappa shape index (κ1) is 11.0. The molecule has 0 saturated carbocycles. The third kappa shape index (κ3) is 1.59. The number of aryl methyl sites for hydroxylation is 1. The maximum absolute atomic E-state index is 11.8. The van der Waals surface area contributed by atoms with Crippen LogP contribution in [-0.4, -0.2) is 25.9 Å². The molecule has 0 aliphatic heterocycles. The standard InChI is InChI=1S/C11H9NO5/c1-12-4-6(11(16)17)10(15)5-2-8(13)9(14)3-7(5)12/h2-4,13-14H,1H3,(H,16,17). The Labute approximate surface area is 95.0 Å². The van der Waals surface area contributed by atoms with Crippen LogP contribution in [0.1, 0.15) is 10.4 Å². The highest BCUT2D eigenvalue weighted by atomic mass is 16.4. The van der Waals surface area contributed by atoms with Crippen molar-refractivity contribution in [2.75, 3.05) is 0 Å². The lowest BCUT2D eigenvalue weighted by Gasteiger charge is -2.08. The van der Waals surface area contributed by atoms with E-state index in [0.717, 1.165) is 6.07 Å². The zero-order valence-electron chi connectivity index (χ0n) is 8.84. The molecule has 3 N–H and O–H groups in total. The largest absolute Gasteiger partial charge is 0.504 e. The van der Waals surface area contributed by atoms with Gasteiger partial charge in [-0.1, -0.05) is 0 Å². The molecule has 0 aliphatic carbocycles. The summed E-state index contributed by atoms with van der Waals surface area (Å²) in [4.78, 5) is 22.6. The van der Waals surface area contributed by atoms with E-state index >= 15 is 0 Å². The normalized spacial score (nSPS) is 10.6. The zero-order valence-corrected chi connectivity index (χ0v) is 8.84. The summed E-state index contributed by atoms with van der Waals surface area (Å²) in [5, 5.41) is 27.5. The lowest BCUT2D eigenvalue weighted by Crippen LogP contribution is -2.17. The lowest BCUT2D eigenvalue weighted by molar-refractivity contribution is 0.0695. The average molecular weight is 235 g/mol. The van der Waals surface area contributed by atoms with E-state index < -0.39 is 17.1 Å². The van der Waals surface area contributed by atoms with E-state index in [1.54, 1.807) is 7.05 Å². The Morgan fingerprint density at radius 2 is 1.82 bits per heavy atom. The van der Waals surface area contributed by atoms with Crippen molar-refractivity contribution in [2.24, 2.45) is 7.05 Å². The first-order valence-electron chi connectivity index (χ1n) is 4.70. The fourth-order valence-corrected chi connectivity index (χ4v) is 1.66. The Hall–Kier alpha value is -2.50. The van der Waals surface area contributed by atoms with Crippen molar-refractivity contribution >= 4 is 16.9 Å². The minimum atomic E-state index is -1.33. The molecule has 0 amide bonds. The first-order valence-corrected chi connectivity index (χ1v) is 4.70. The molecule has 2 rings (SSSR count). The molecule has 0 saturated heterocycles. The van der Waals surface area contributed by atoms with Crippen LogP contribution in [0.4, 0.5) is 0 Å². The number of aromatic hydroxyl groups is 2. The molecule has 0 radical (unpaired) electrons. The number of rotatable bonds is 1. The van der Waals surface area contributed by atoms with Crippen LogP contribution in [-0.2, 0) is 7.05 Å². The van der Waals surface area contributed by atoms with Gasteiger partial charge < -0.3 is 19.9 Å². The van der Waals surface area contributed by atoms with Gasteiger partial charge in [0.15, 0.2) is 11.5 Å². The second-order valence-corrected chi connectivity index (χ2v) is 3.65. The molecular weight excluding hydrogens is 226 g/mol. The zero-order chi connectivity index (χ0) is 12.7. The molecule has 0 spiro atoms. The number of phenolic OH excluding ortho intramolecular Hbond substituents is 2. The molecule has 1 aromatic carbocycles. The molecule has 2 aromatic rings. The van der Waals surface area contributed by atoms with Crippen LogP contribution in [0.2, 0.25) is 0 Å². The predicted molar refractivity (Wildman–Crippen MR) is 59.5 cm³/mol. The smallest absolute Gasteiger partial charge is 0.341 e. The van der Waals surface area contributed by atoms with Gasteiger partial charge in [0.1, 0.15) is 5.56 Å². The van der Waals surface area contributed by atoms with Crippen LogP contribution in [0.25, 0.3) is 10.9 Å². The van der Waals surface area contributed by atoms with Gasteiger partial charge in [-0.3, -0.25) is 4.79 Å². The highest BCUT2D eigenvalue weighted by Crippen LogP contribution is 2.28. The summed E-state index contributed by atoms with van der Waals surface area (Å²) in [5.41, 5.74) is -0.735. The Balaban J connectivity index is 2.99. The number of phenols is 2. The first-order chi connectivity index (χ1) is 7.91. The van der Waals surface area contributed by atoms with Crippen molar-refractivity contribution in [3.05, 3.63) is 34.1 Å². The molecular formula is C11H9NO5. The van der Waals surface area contributed by atoms with Crippen molar-refractivity contribution < 1.29 is 20.1 Å². The SMILES string of the molecule is Cn1cc(C(=O)O)c(=O)c2cc(O)c(O)cc21. The number of aromatic nitrogens is 1. The quantitative estimate of drug-likeness (QED) is 0.630. The van der Waals surface area contributed by atoms with E-state index in [4.69, 9.17) is 5.11 Å². The Morgan fingerprint density at radius 1 is 1.24 bits per heavy atom. The van der Waals surface area contributed by atoms with Gasteiger partial charge in [-0.15, -0.1) is 0 Å². The number of pyridine rings is 1. The van der Waals surface area contributed by atoms with Crippen molar-refractivity contribution in [2.45, 2.75) is 0 Å². The number of carboxylic acids is 1. The van der Waals surface area contributed by atoms with E-state index in [9.17, 15) is 19.8 Å². The maximum Gasteiger partial charge on any atom is 0.341 e. The summed E-state index contributed by atoms with van der Waals surface area (Å²) >= 11 is 0.